The lowest BCUT2D eigenvalue weighted by Gasteiger charge is -2.09. The van der Waals surface area contributed by atoms with Crippen molar-refractivity contribution in [3.05, 3.63) is 45.2 Å². The molecule has 4 nitrogen and oxygen atoms in total. The fraction of sp³-hybridized carbons (Fsp3) is 0.412. The molecule has 1 aromatic carbocycles. The van der Waals surface area contributed by atoms with Crippen molar-refractivity contribution in [2.75, 3.05) is 6.61 Å². The van der Waals surface area contributed by atoms with E-state index in [-0.39, 0.29) is 12.5 Å². The average Bonchev–Trinajstić information content (AvgIpc) is 2.74. The van der Waals surface area contributed by atoms with Crippen LogP contribution in [0.25, 0.3) is 0 Å². The summed E-state index contributed by atoms with van der Waals surface area (Å²) in [5, 5.41) is 4.35. The van der Waals surface area contributed by atoms with E-state index in [1.165, 1.54) is 4.68 Å². The molecule has 0 aliphatic carbocycles. The van der Waals surface area contributed by atoms with Crippen molar-refractivity contribution in [3.8, 4) is 5.75 Å². The summed E-state index contributed by atoms with van der Waals surface area (Å²) >= 11 is 3.45. The molecule has 0 spiro atoms. The van der Waals surface area contributed by atoms with E-state index in [1.54, 1.807) is 0 Å². The van der Waals surface area contributed by atoms with Crippen molar-refractivity contribution >= 4 is 21.8 Å². The maximum absolute atomic E-state index is 12.3. The summed E-state index contributed by atoms with van der Waals surface area (Å²) in [6.45, 7) is 7.97. The number of hydrogen-bond acceptors (Lipinski definition) is 3. The Hall–Kier alpha value is -1.62. The van der Waals surface area contributed by atoms with Gasteiger partial charge in [0.25, 0.3) is 5.91 Å². The van der Waals surface area contributed by atoms with E-state index in [1.807, 2.05) is 39.0 Å². The second kappa shape index (κ2) is 7.09. The van der Waals surface area contributed by atoms with Crippen LogP contribution in [0, 0.1) is 20.8 Å². The van der Waals surface area contributed by atoms with Crippen LogP contribution in [0.15, 0.2) is 22.7 Å². The number of nitrogens with zero attached hydrogens (tertiary/aromatic N) is 2. The van der Waals surface area contributed by atoms with Crippen molar-refractivity contribution in [3.63, 3.8) is 0 Å². The summed E-state index contributed by atoms with van der Waals surface area (Å²) in [5.74, 6) is 0.504. The molecule has 0 N–H and O–H groups in total. The van der Waals surface area contributed by atoms with Crippen molar-refractivity contribution < 1.29 is 9.53 Å². The lowest BCUT2D eigenvalue weighted by Crippen LogP contribution is -2.22. The largest absolute Gasteiger partial charge is 0.483 e. The molecule has 0 aliphatic rings. The van der Waals surface area contributed by atoms with Crippen molar-refractivity contribution in [2.24, 2.45) is 0 Å². The fourth-order valence-electron chi connectivity index (χ4n) is 2.45. The molecule has 0 amide bonds. The highest BCUT2D eigenvalue weighted by molar-refractivity contribution is 9.10. The van der Waals surface area contributed by atoms with Gasteiger partial charge in [0.05, 0.1) is 10.2 Å². The highest BCUT2D eigenvalue weighted by Gasteiger charge is 2.16. The molecular formula is C17H21BrN2O2. The lowest BCUT2D eigenvalue weighted by molar-refractivity contribution is 0.0817. The van der Waals surface area contributed by atoms with Gasteiger partial charge in [0, 0.05) is 5.69 Å². The molecule has 0 fully saturated rings. The average molecular weight is 365 g/mol. The van der Waals surface area contributed by atoms with Gasteiger partial charge >= 0.3 is 0 Å². The second-order valence-corrected chi connectivity index (χ2v) is 6.28. The van der Waals surface area contributed by atoms with E-state index in [0.717, 1.165) is 39.8 Å². The Balaban J connectivity index is 2.11. The molecular weight excluding hydrogens is 344 g/mol. The first-order valence-electron chi connectivity index (χ1n) is 7.41. The van der Waals surface area contributed by atoms with Crippen LogP contribution >= 0.6 is 15.9 Å². The molecule has 2 rings (SSSR count). The monoisotopic (exact) mass is 364 g/mol. The Kier molecular flexibility index (Phi) is 5.40. The van der Waals surface area contributed by atoms with E-state index < -0.39 is 0 Å². The molecule has 0 radical (unpaired) electrons. The summed E-state index contributed by atoms with van der Waals surface area (Å²) in [6, 6.07) is 5.77. The van der Waals surface area contributed by atoms with Gasteiger partial charge in [0.2, 0.25) is 0 Å². The normalized spacial score (nSPS) is 10.8. The third-order valence-corrected chi connectivity index (χ3v) is 4.24. The van der Waals surface area contributed by atoms with Crippen LogP contribution in [0.5, 0.6) is 5.75 Å². The van der Waals surface area contributed by atoms with Crippen LogP contribution in [0.1, 0.15) is 40.7 Å². The molecule has 0 unspecified atom stereocenters. The predicted molar refractivity (Wildman–Crippen MR) is 90.7 cm³/mol. The van der Waals surface area contributed by atoms with Gasteiger partial charge in [-0.1, -0.05) is 19.4 Å². The van der Waals surface area contributed by atoms with Crippen LogP contribution in [0.4, 0.5) is 0 Å². The van der Waals surface area contributed by atoms with E-state index >= 15 is 0 Å². The molecule has 0 aliphatic heterocycles. The molecule has 0 saturated carbocycles. The third-order valence-electron chi connectivity index (χ3n) is 3.62. The van der Waals surface area contributed by atoms with Crippen LogP contribution in [-0.2, 0) is 6.42 Å². The first-order chi connectivity index (χ1) is 10.4. The van der Waals surface area contributed by atoms with Gasteiger partial charge in [-0.25, -0.2) is 4.68 Å². The number of benzene rings is 1. The Bertz CT molecular complexity index is 692. The van der Waals surface area contributed by atoms with E-state index in [4.69, 9.17) is 4.74 Å². The minimum Gasteiger partial charge on any atom is -0.483 e. The molecule has 0 atom stereocenters. The van der Waals surface area contributed by atoms with Gasteiger partial charge < -0.3 is 4.74 Å². The Labute approximate surface area is 139 Å². The Morgan fingerprint density at radius 3 is 2.68 bits per heavy atom. The zero-order valence-corrected chi connectivity index (χ0v) is 15.0. The molecule has 1 aromatic heterocycles. The van der Waals surface area contributed by atoms with Crippen LogP contribution in [0.3, 0.4) is 0 Å². The predicted octanol–water partition coefficient (Wildman–Crippen LogP) is 4.24. The Morgan fingerprint density at radius 1 is 1.32 bits per heavy atom. The summed E-state index contributed by atoms with van der Waals surface area (Å²) in [4.78, 5) is 12.3. The minimum atomic E-state index is -0.157. The second-order valence-electron chi connectivity index (χ2n) is 5.43. The molecule has 118 valence electrons. The van der Waals surface area contributed by atoms with E-state index in [2.05, 4.69) is 28.0 Å². The number of aromatic nitrogens is 2. The highest BCUT2D eigenvalue weighted by Crippen LogP contribution is 2.25. The van der Waals surface area contributed by atoms with Crippen LogP contribution in [-0.4, -0.2) is 22.3 Å². The molecule has 22 heavy (non-hydrogen) atoms. The molecule has 5 heteroatoms. The maximum Gasteiger partial charge on any atom is 0.284 e. The zero-order chi connectivity index (χ0) is 16.3. The summed E-state index contributed by atoms with van der Waals surface area (Å²) in [5.41, 5.74) is 4.13. The number of carbonyl (C=O) groups is 1. The fourth-order valence-corrected chi connectivity index (χ4v) is 3.06. The summed E-state index contributed by atoms with van der Waals surface area (Å²) in [6.07, 6.45) is 1.98. The van der Waals surface area contributed by atoms with Gasteiger partial charge in [-0.05, 0) is 66.4 Å². The van der Waals surface area contributed by atoms with E-state index in [9.17, 15) is 4.79 Å². The number of carbonyl (C=O) groups excluding carboxylic acids is 1. The van der Waals surface area contributed by atoms with Gasteiger partial charge in [-0.15, -0.1) is 0 Å². The molecule has 0 saturated heterocycles. The number of ether oxygens (including phenoxy) is 1. The van der Waals surface area contributed by atoms with Gasteiger partial charge in [0.1, 0.15) is 5.75 Å². The number of rotatable bonds is 5. The first kappa shape index (κ1) is 16.7. The third kappa shape index (κ3) is 3.58. The summed E-state index contributed by atoms with van der Waals surface area (Å²) in [7, 11) is 0. The lowest BCUT2D eigenvalue weighted by atomic mass is 10.1. The van der Waals surface area contributed by atoms with Crippen molar-refractivity contribution in [1.29, 1.82) is 0 Å². The molecule has 1 heterocycles. The topological polar surface area (TPSA) is 44.1 Å². The maximum atomic E-state index is 12.3. The number of aryl methyl sites for hydroxylation is 2. The minimum absolute atomic E-state index is 0.0326. The van der Waals surface area contributed by atoms with Crippen molar-refractivity contribution in [2.45, 2.75) is 40.5 Å². The molecule has 2 aromatic rings. The quantitative estimate of drug-likeness (QED) is 0.796. The summed E-state index contributed by atoms with van der Waals surface area (Å²) < 4.78 is 7.92. The number of halogens is 1. The van der Waals surface area contributed by atoms with Gasteiger partial charge in [0.15, 0.2) is 6.61 Å². The SMILES string of the molecule is CCCc1c(C)nn(C(=O)COc2ccc(C)cc2Br)c1C. The first-order valence-corrected chi connectivity index (χ1v) is 8.20. The van der Waals surface area contributed by atoms with Crippen LogP contribution < -0.4 is 4.74 Å². The van der Waals surface area contributed by atoms with Crippen molar-refractivity contribution in [1.82, 2.24) is 9.78 Å². The molecule has 0 bridgehead atoms. The highest BCUT2D eigenvalue weighted by atomic mass is 79.9. The standard InChI is InChI=1S/C17H21BrN2O2/c1-5-6-14-12(3)19-20(13(14)4)17(21)10-22-16-8-7-11(2)9-15(16)18/h7-9H,5-6,10H2,1-4H3. The Morgan fingerprint density at radius 2 is 2.05 bits per heavy atom. The smallest absolute Gasteiger partial charge is 0.284 e. The number of hydrogen-bond donors (Lipinski definition) is 0. The van der Waals surface area contributed by atoms with Crippen LogP contribution in [0.2, 0.25) is 0 Å². The van der Waals surface area contributed by atoms with E-state index in [0.29, 0.717) is 5.75 Å². The zero-order valence-electron chi connectivity index (χ0n) is 13.4. The van der Waals surface area contributed by atoms with Gasteiger partial charge in [-0.3, -0.25) is 4.79 Å². The van der Waals surface area contributed by atoms with Gasteiger partial charge in [-0.2, -0.15) is 5.10 Å².